The molecular weight excluding hydrogens is 328 g/mol. The summed E-state index contributed by atoms with van der Waals surface area (Å²) in [5, 5.41) is 7.40. The highest BCUT2D eigenvalue weighted by Gasteiger charge is 2.14. The lowest BCUT2D eigenvalue weighted by Crippen LogP contribution is -2.40. The molecule has 0 radical (unpaired) electrons. The Kier molecular flexibility index (Phi) is 6.60. The SMILES string of the molecule is CN=C(NCCOc1cccc(C(C)(C)C)c1)N(C)Cc1ncnn1C. The van der Waals surface area contributed by atoms with Crippen LogP contribution in [0.4, 0.5) is 0 Å². The predicted octanol–water partition coefficient (Wildman–Crippen LogP) is 2.20. The zero-order chi connectivity index (χ0) is 19.2. The lowest BCUT2D eigenvalue weighted by molar-refractivity contribution is 0.318. The minimum absolute atomic E-state index is 0.113. The summed E-state index contributed by atoms with van der Waals surface area (Å²) in [5.74, 6) is 2.56. The molecular formula is C19H30N6O. The van der Waals surface area contributed by atoms with E-state index in [1.807, 2.05) is 31.1 Å². The molecule has 2 aromatic rings. The molecule has 1 N–H and O–H groups in total. The lowest BCUT2D eigenvalue weighted by atomic mass is 9.87. The summed E-state index contributed by atoms with van der Waals surface area (Å²) in [6.07, 6.45) is 1.55. The second-order valence-electron chi connectivity index (χ2n) is 7.26. The maximum atomic E-state index is 5.88. The van der Waals surface area contributed by atoms with E-state index in [9.17, 15) is 0 Å². The molecule has 0 atom stereocenters. The quantitative estimate of drug-likeness (QED) is 0.487. The molecule has 0 unspecified atom stereocenters. The summed E-state index contributed by atoms with van der Waals surface area (Å²) in [6.45, 7) is 8.45. The van der Waals surface area contributed by atoms with Crippen LogP contribution in [0.25, 0.3) is 0 Å². The molecule has 26 heavy (non-hydrogen) atoms. The average Bonchev–Trinajstić information content (AvgIpc) is 2.99. The van der Waals surface area contributed by atoms with Crippen molar-refractivity contribution in [2.75, 3.05) is 27.2 Å². The van der Waals surface area contributed by atoms with Crippen LogP contribution in [-0.2, 0) is 19.0 Å². The van der Waals surface area contributed by atoms with Crippen molar-refractivity contribution in [2.45, 2.75) is 32.7 Å². The van der Waals surface area contributed by atoms with E-state index in [0.29, 0.717) is 19.7 Å². The normalized spacial score (nSPS) is 12.2. The number of benzene rings is 1. The van der Waals surface area contributed by atoms with Gasteiger partial charge in [-0.15, -0.1) is 0 Å². The fourth-order valence-corrected chi connectivity index (χ4v) is 2.52. The molecule has 7 nitrogen and oxygen atoms in total. The Labute approximate surface area is 156 Å². The second kappa shape index (κ2) is 8.69. The molecule has 0 aliphatic rings. The van der Waals surface area contributed by atoms with Crippen LogP contribution in [0.5, 0.6) is 5.75 Å². The van der Waals surface area contributed by atoms with E-state index in [-0.39, 0.29) is 5.41 Å². The van der Waals surface area contributed by atoms with Gasteiger partial charge in [0.2, 0.25) is 0 Å². The Morgan fingerprint density at radius 3 is 2.73 bits per heavy atom. The first kappa shape index (κ1) is 19.8. The van der Waals surface area contributed by atoms with E-state index in [2.05, 4.69) is 53.3 Å². The number of aliphatic imine (C=N–C) groups is 1. The number of aromatic nitrogens is 3. The molecule has 1 heterocycles. The molecule has 0 aliphatic carbocycles. The fourth-order valence-electron chi connectivity index (χ4n) is 2.52. The first-order valence-corrected chi connectivity index (χ1v) is 8.79. The van der Waals surface area contributed by atoms with Crippen molar-refractivity contribution in [3.05, 3.63) is 42.0 Å². The maximum Gasteiger partial charge on any atom is 0.193 e. The van der Waals surface area contributed by atoms with Crippen molar-refractivity contribution in [2.24, 2.45) is 12.0 Å². The smallest absolute Gasteiger partial charge is 0.193 e. The zero-order valence-corrected chi connectivity index (χ0v) is 16.7. The van der Waals surface area contributed by atoms with E-state index < -0.39 is 0 Å². The van der Waals surface area contributed by atoms with Crippen LogP contribution in [0.1, 0.15) is 32.2 Å². The highest BCUT2D eigenvalue weighted by atomic mass is 16.5. The van der Waals surface area contributed by atoms with Crippen LogP contribution < -0.4 is 10.1 Å². The van der Waals surface area contributed by atoms with Gasteiger partial charge in [-0.3, -0.25) is 9.67 Å². The summed E-state index contributed by atoms with van der Waals surface area (Å²) in [4.78, 5) is 10.6. The molecule has 0 saturated heterocycles. The summed E-state index contributed by atoms with van der Waals surface area (Å²) in [6, 6.07) is 8.27. The first-order valence-electron chi connectivity index (χ1n) is 8.79. The second-order valence-corrected chi connectivity index (χ2v) is 7.26. The molecule has 1 aromatic carbocycles. The molecule has 0 spiro atoms. The van der Waals surface area contributed by atoms with Crippen molar-refractivity contribution in [3.63, 3.8) is 0 Å². The van der Waals surface area contributed by atoms with E-state index in [1.54, 1.807) is 18.1 Å². The van der Waals surface area contributed by atoms with Gasteiger partial charge in [-0.1, -0.05) is 32.9 Å². The number of guanidine groups is 1. The number of hydrogen-bond acceptors (Lipinski definition) is 4. The van der Waals surface area contributed by atoms with Gasteiger partial charge in [-0.2, -0.15) is 5.10 Å². The Hall–Kier alpha value is -2.57. The highest BCUT2D eigenvalue weighted by Crippen LogP contribution is 2.25. The Morgan fingerprint density at radius 2 is 2.12 bits per heavy atom. The van der Waals surface area contributed by atoms with Crippen molar-refractivity contribution in [1.82, 2.24) is 25.0 Å². The van der Waals surface area contributed by atoms with Crippen LogP contribution in [0, 0.1) is 0 Å². The number of hydrogen-bond donors (Lipinski definition) is 1. The number of ether oxygens (including phenoxy) is 1. The third kappa shape index (κ3) is 5.47. The molecule has 0 aliphatic heterocycles. The van der Waals surface area contributed by atoms with Crippen LogP contribution in [0.15, 0.2) is 35.6 Å². The largest absolute Gasteiger partial charge is 0.492 e. The van der Waals surface area contributed by atoms with Gasteiger partial charge in [0.25, 0.3) is 0 Å². The Morgan fingerprint density at radius 1 is 1.35 bits per heavy atom. The summed E-state index contributed by atoms with van der Waals surface area (Å²) in [5.41, 5.74) is 1.38. The van der Waals surface area contributed by atoms with Gasteiger partial charge in [0.05, 0.1) is 13.1 Å². The molecule has 0 bridgehead atoms. The topological polar surface area (TPSA) is 67.6 Å². The first-order chi connectivity index (χ1) is 12.3. The van der Waals surface area contributed by atoms with Gasteiger partial charge in [-0.05, 0) is 23.1 Å². The number of nitrogens with one attached hydrogen (secondary N) is 1. The number of aryl methyl sites for hydroxylation is 1. The molecule has 142 valence electrons. The highest BCUT2D eigenvalue weighted by molar-refractivity contribution is 5.79. The molecule has 0 amide bonds. The third-order valence-electron chi connectivity index (χ3n) is 4.11. The standard InChI is InChI=1S/C19H30N6O/c1-19(2,3)15-8-7-9-16(12-15)26-11-10-21-18(20-4)24(5)13-17-22-14-23-25(17)6/h7-9,12,14H,10-11,13H2,1-6H3,(H,20,21). The van der Waals surface area contributed by atoms with Crippen molar-refractivity contribution < 1.29 is 4.74 Å². The predicted molar refractivity (Wildman–Crippen MR) is 104 cm³/mol. The van der Waals surface area contributed by atoms with Crippen molar-refractivity contribution >= 4 is 5.96 Å². The van der Waals surface area contributed by atoms with Gasteiger partial charge < -0.3 is 15.0 Å². The van der Waals surface area contributed by atoms with Gasteiger partial charge in [0.15, 0.2) is 5.96 Å². The number of rotatable bonds is 6. The van der Waals surface area contributed by atoms with Crippen LogP contribution in [-0.4, -0.2) is 52.9 Å². The molecule has 0 saturated carbocycles. The van der Waals surface area contributed by atoms with E-state index >= 15 is 0 Å². The summed E-state index contributed by atoms with van der Waals surface area (Å²) in [7, 11) is 5.62. The van der Waals surface area contributed by atoms with Crippen molar-refractivity contribution in [3.8, 4) is 5.75 Å². The molecule has 1 aromatic heterocycles. The number of nitrogens with zero attached hydrogens (tertiary/aromatic N) is 5. The zero-order valence-electron chi connectivity index (χ0n) is 16.7. The van der Waals surface area contributed by atoms with E-state index in [1.165, 1.54) is 5.56 Å². The third-order valence-corrected chi connectivity index (χ3v) is 4.11. The van der Waals surface area contributed by atoms with E-state index in [4.69, 9.17) is 4.74 Å². The van der Waals surface area contributed by atoms with Crippen LogP contribution in [0.3, 0.4) is 0 Å². The lowest BCUT2D eigenvalue weighted by Gasteiger charge is -2.22. The monoisotopic (exact) mass is 358 g/mol. The summed E-state index contributed by atoms with van der Waals surface area (Å²) >= 11 is 0. The Bertz CT molecular complexity index is 732. The van der Waals surface area contributed by atoms with E-state index in [0.717, 1.165) is 17.5 Å². The molecule has 0 fully saturated rings. The average molecular weight is 358 g/mol. The molecule has 7 heteroatoms. The van der Waals surface area contributed by atoms with Crippen LogP contribution in [0.2, 0.25) is 0 Å². The summed E-state index contributed by atoms with van der Waals surface area (Å²) < 4.78 is 7.64. The van der Waals surface area contributed by atoms with Gasteiger partial charge in [-0.25, -0.2) is 4.98 Å². The van der Waals surface area contributed by atoms with Gasteiger partial charge in [0.1, 0.15) is 24.5 Å². The van der Waals surface area contributed by atoms with Crippen molar-refractivity contribution in [1.29, 1.82) is 0 Å². The Balaban J connectivity index is 1.82. The van der Waals surface area contributed by atoms with Gasteiger partial charge in [0, 0.05) is 21.1 Å². The van der Waals surface area contributed by atoms with Crippen LogP contribution >= 0.6 is 0 Å². The minimum atomic E-state index is 0.113. The maximum absolute atomic E-state index is 5.88. The molecule has 2 rings (SSSR count). The minimum Gasteiger partial charge on any atom is -0.492 e. The fraction of sp³-hybridized carbons (Fsp3) is 0.526. The van der Waals surface area contributed by atoms with Gasteiger partial charge >= 0.3 is 0 Å².